The number of hydrogen-bond donors (Lipinski definition) is 3. The zero-order chi connectivity index (χ0) is 23.9. The normalized spacial score (nSPS) is 25.7. The lowest BCUT2D eigenvalue weighted by Gasteiger charge is -2.30. The second-order valence-corrected chi connectivity index (χ2v) is 9.20. The fourth-order valence-corrected chi connectivity index (χ4v) is 4.39. The third kappa shape index (κ3) is 7.34. The molecule has 1 aliphatic heterocycles. The minimum atomic E-state index is -4.83. The number of methoxy groups -OCH3 is 1. The molecule has 6 unspecified atom stereocenters. The van der Waals surface area contributed by atoms with E-state index in [1.165, 1.54) is 23.9 Å². The Hall–Kier alpha value is -1.33. The highest BCUT2D eigenvalue weighted by Gasteiger charge is 2.51. The van der Waals surface area contributed by atoms with Crippen LogP contribution in [0.25, 0.3) is 0 Å². The van der Waals surface area contributed by atoms with Crippen molar-refractivity contribution in [3.05, 3.63) is 33.1 Å². The minimum Gasteiger partial charge on any atom is -0.374 e. The molecule has 6 atom stereocenters. The summed E-state index contributed by atoms with van der Waals surface area (Å²) in [5.74, 6) is 0. The molecule has 1 saturated heterocycles. The van der Waals surface area contributed by atoms with Crippen molar-refractivity contribution in [2.45, 2.75) is 96.0 Å². The molecule has 0 aromatic carbocycles. The molecule has 0 amide bonds. The van der Waals surface area contributed by atoms with Crippen molar-refractivity contribution in [3.8, 4) is 0 Å². The zero-order valence-electron chi connectivity index (χ0n) is 19.0. The van der Waals surface area contributed by atoms with Crippen molar-refractivity contribution in [1.29, 1.82) is 0 Å². The quantitative estimate of drug-likeness (QED) is 0.286. The maximum atomic E-state index is 12.4. The smallest absolute Gasteiger partial charge is 0.374 e. The highest BCUT2D eigenvalue weighted by Crippen LogP contribution is 2.44. The molecule has 3 N–H and O–H groups in total. The Bertz CT molecular complexity index is 867. The van der Waals surface area contributed by atoms with Gasteiger partial charge in [0.25, 0.3) is 5.56 Å². The van der Waals surface area contributed by atoms with Crippen LogP contribution in [0.2, 0.25) is 0 Å². The summed E-state index contributed by atoms with van der Waals surface area (Å²) in [6, 6.07) is 1.18. The van der Waals surface area contributed by atoms with E-state index in [-0.39, 0.29) is 6.10 Å². The number of nitrogens with zero attached hydrogens (tertiary/aromatic N) is 1. The van der Waals surface area contributed by atoms with Crippen molar-refractivity contribution in [2.75, 3.05) is 7.11 Å². The molecule has 1 aliphatic rings. The Morgan fingerprint density at radius 1 is 1.22 bits per heavy atom. The van der Waals surface area contributed by atoms with Crippen molar-refractivity contribution in [3.63, 3.8) is 0 Å². The van der Waals surface area contributed by atoms with E-state index in [0.717, 1.165) is 19.3 Å². The first kappa shape index (κ1) is 26.9. The SMILES string of the molecule is CCCCCCC(OP(=O)(O)O)C1OC(n2ccc(=O)[nH]c2=O)C(OC)C1OC(C)CC. The van der Waals surface area contributed by atoms with Gasteiger partial charge in [0.05, 0.1) is 12.2 Å². The van der Waals surface area contributed by atoms with Gasteiger partial charge in [-0.15, -0.1) is 0 Å². The van der Waals surface area contributed by atoms with Gasteiger partial charge >= 0.3 is 13.5 Å². The number of aromatic nitrogens is 2. The summed E-state index contributed by atoms with van der Waals surface area (Å²) < 4.78 is 35.9. The number of hydrogen-bond acceptors (Lipinski definition) is 7. The van der Waals surface area contributed by atoms with Gasteiger partial charge in [-0.3, -0.25) is 18.9 Å². The highest BCUT2D eigenvalue weighted by molar-refractivity contribution is 7.46. The Morgan fingerprint density at radius 2 is 1.94 bits per heavy atom. The molecule has 2 rings (SSSR count). The molecule has 2 heterocycles. The summed E-state index contributed by atoms with van der Waals surface area (Å²) in [5.41, 5.74) is -1.25. The Labute approximate surface area is 187 Å². The number of rotatable bonds is 13. The van der Waals surface area contributed by atoms with Gasteiger partial charge in [0.1, 0.15) is 18.3 Å². The van der Waals surface area contributed by atoms with E-state index in [2.05, 4.69) is 11.9 Å². The first-order valence-corrected chi connectivity index (χ1v) is 12.5. The second-order valence-electron chi connectivity index (χ2n) is 8.01. The molecule has 12 heteroatoms. The standard InChI is InChI=1S/C20H35N2O9P/c1-5-7-8-9-10-14(31-32(25,26)27)16-17(29-13(3)6-2)18(28-4)19(30-16)22-12-11-15(23)21-20(22)24/h11-14,16-19H,5-10H2,1-4H3,(H,21,23,24)(H2,25,26,27). The van der Waals surface area contributed by atoms with Gasteiger partial charge in [0, 0.05) is 19.4 Å². The van der Waals surface area contributed by atoms with Crippen molar-refractivity contribution < 1.29 is 33.1 Å². The van der Waals surface area contributed by atoms with E-state index in [1.54, 1.807) is 0 Å². The van der Waals surface area contributed by atoms with Crippen LogP contribution in [0.4, 0.5) is 0 Å². The van der Waals surface area contributed by atoms with Gasteiger partial charge in [-0.25, -0.2) is 9.36 Å². The van der Waals surface area contributed by atoms with Crippen LogP contribution in [0.1, 0.15) is 65.5 Å². The number of ether oxygens (including phenoxy) is 3. The third-order valence-electron chi connectivity index (χ3n) is 5.57. The molecule has 0 bridgehead atoms. The van der Waals surface area contributed by atoms with Gasteiger partial charge < -0.3 is 24.0 Å². The predicted molar refractivity (Wildman–Crippen MR) is 116 cm³/mol. The lowest BCUT2D eigenvalue weighted by Crippen LogP contribution is -2.44. The summed E-state index contributed by atoms with van der Waals surface area (Å²) in [6.07, 6.45) is 1.22. The summed E-state index contributed by atoms with van der Waals surface area (Å²) in [4.78, 5) is 45.1. The average molecular weight is 478 g/mol. The van der Waals surface area contributed by atoms with E-state index < -0.39 is 49.7 Å². The zero-order valence-corrected chi connectivity index (χ0v) is 19.9. The van der Waals surface area contributed by atoms with E-state index in [0.29, 0.717) is 19.3 Å². The molecular formula is C20H35N2O9P. The van der Waals surface area contributed by atoms with Gasteiger partial charge in [0.2, 0.25) is 0 Å². The fraction of sp³-hybridized carbons (Fsp3) is 0.800. The van der Waals surface area contributed by atoms with Crippen LogP contribution in [-0.4, -0.2) is 57.0 Å². The molecular weight excluding hydrogens is 443 g/mol. The molecule has 1 aromatic rings. The number of nitrogens with one attached hydrogen (secondary N) is 1. The number of H-pyrrole nitrogens is 1. The highest BCUT2D eigenvalue weighted by atomic mass is 31.2. The maximum Gasteiger partial charge on any atom is 0.469 e. The summed E-state index contributed by atoms with van der Waals surface area (Å²) in [5, 5.41) is 0. The predicted octanol–water partition coefficient (Wildman–Crippen LogP) is 2.08. The Morgan fingerprint density at radius 3 is 2.50 bits per heavy atom. The number of phosphoric acid groups is 1. The van der Waals surface area contributed by atoms with Crippen molar-refractivity contribution >= 4 is 7.82 Å². The molecule has 11 nitrogen and oxygen atoms in total. The van der Waals surface area contributed by atoms with E-state index in [1.807, 2.05) is 13.8 Å². The summed E-state index contributed by atoms with van der Waals surface area (Å²) >= 11 is 0. The molecule has 0 spiro atoms. The number of aromatic amines is 1. The van der Waals surface area contributed by atoms with Gasteiger partial charge in [-0.2, -0.15) is 0 Å². The summed E-state index contributed by atoms with van der Waals surface area (Å²) in [7, 11) is -3.39. The summed E-state index contributed by atoms with van der Waals surface area (Å²) in [6.45, 7) is 5.87. The molecule has 0 radical (unpaired) electrons. The molecule has 1 aromatic heterocycles. The topological polar surface area (TPSA) is 149 Å². The van der Waals surface area contributed by atoms with Gasteiger partial charge in [-0.1, -0.05) is 39.5 Å². The first-order chi connectivity index (χ1) is 15.1. The van der Waals surface area contributed by atoms with Crippen LogP contribution in [0, 0.1) is 0 Å². The van der Waals surface area contributed by atoms with Crippen LogP contribution in [0.3, 0.4) is 0 Å². The fourth-order valence-electron chi connectivity index (χ4n) is 3.81. The largest absolute Gasteiger partial charge is 0.469 e. The second kappa shape index (κ2) is 12.2. The van der Waals surface area contributed by atoms with Crippen LogP contribution in [0.5, 0.6) is 0 Å². The van der Waals surface area contributed by atoms with Crippen LogP contribution < -0.4 is 11.2 Å². The molecule has 1 fully saturated rings. The monoisotopic (exact) mass is 478 g/mol. The number of unbranched alkanes of at least 4 members (excludes halogenated alkanes) is 3. The van der Waals surface area contributed by atoms with Crippen molar-refractivity contribution in [2.24, 2.45) is 0 Å². The molecule has 32 heavy (non-hydrogen) atoms. The maximum absolute atomic E-state index is 12.4. The third-order valence-corrected chi connectivity index (χ3v) is 6.11. The Balaban J connectivity index is 2.42. The van der Waals surface area contributed by atoms with Crippen molar-refractivity contribution in [1.82, 2.24) is 9.55 Å². The minimum absolute atomic E-state index is 0.203. The average Bonchev–Trinajstić information content (AvgIpc) is 3.07. The van der Waals surface area contributed by atoms with Crippen LogP contribution in [0.15, 0.2) is 21.9 Å². The molecule has 0 saturated carbocycles. The molecule has 184 valence electrons. The molecule has 0 aliphatic carbocycles. The first-order valence-electron chi connectivity index (χ1n) is 11.0. The van der Waals surface area contributed by atoms with Crippen LogP contribution in [-0.2, 0) is 23.3 Å². The lowest BCUT2D eigenvalue weighted by molar-refractivity contribution is -0.111. The van der Waals surface area contributed by atoms with Crippen LogP contribution >= 0.6 is 7.82 Å². The van der Waals surface area contributed by atoms with E-state index in [9.17, 15) is 23.9 Å². The van der Waals surface area contributed by atoms with E-state index in [4.69, 9.17) is 18.7 Å². The van der Waals surface area contributed by atoms with E-state index >= 15 is 0 Å². The van der Waals surface area contributed by atoms with Gasteiger partial charge in [0.15, 0.2) is 6.23 Å². The lowest BCUT2D eigenvalue weighted by atomic mass is 9.99. The van der Waals surface area contributed by atoms with Gasteiger partial charge in [-0.05, 0) is 19.8 Å². The number of phosphoric ester groups is 1. The Kier molecular flexibility index (Phi) is 10.3.